The first-order valence-electron chi connectivity index (χ1n) is 7.42. The van der Waals surface area contributed by atoms with Gasteiger partial charge in [-0.15, -0.1) is 0 Å². The van der Waals surface area contributed by atoms with Crippen molar-refractivity contribution < 1.29 is 9.18 Å². The van der Waals surface area contributed by atoms with Crippen molar-refractivity contribution in [3.05, 3.63) is 54.0 Å². The molecule has 1 aromatic heterocycles. The largest absolute Gasteiger partial charge is 0.364 e. The molecule has 1 amide bonds. The average molecular weight is 299 g/mol. The molecule has 5 heteroatoms. The lowest BCUT2D eigenvalue weighted by Crippen LogP contribution is -2.23. The van der Waals surface area contributed by atoms with Crippen molar-refractivity contribution in [3.8, 4) is 0 Å². The van der Waals surface area contributed by atoms with Gasteiger partial charge in [-0.3, -0.25) is 4.79 Å². The summed E-state index contributed by atoms with van der Waals surface area (Å²) in [7, 11) is 0. The molecule has 1 atom stereocenters. The van der Waals surface area contributed by atoms with Crippen LogP contribution in [0.3, 0.4) is 0 Å². The first-order valence-corrected chi connectivity index (χ1v) is 7.42. The fraction of sp³-hybridized carbons (Fsp3) is 0.294. The van der Waals surface area contributed by atoms with Crippen molar-refractivity contribution in [3.63, 3.8) is 0 Å². The van der Waals surface area contributed by atoms with E-state index in [2.05, 4.69) is 10.3 Å². The van der Waals surface area contributed by atoms with Crippen LogP contribution in [0.25, 0.3) is 0 Å². The van der Waals surface area contributed by atoms with Gasteiger partial charge in [-0.25, -0.2) is 9.37 Å². The lowest BCUT2D eigenvalue weighted by atomic mass is 10.1. The lowest BCUT2D eigenvalue weighted by molar-refractivity contribution is -0.117. The number of carbonyl (C=O) groups is 1. The molecule has 1 aliphatic heterocycles. The molecule has 0 unspecified atom stereocenters. The smallest absolute Gasteiger partial charge is 0.227 e. The number of amides is 1. The van der Waals surface area contributed by atoms with Gasteiger partial charge < -0.3 is 10.2 Å². The summed E-state index contributed by atoms with van der Waals surface area (Å²) in [6.45, 7) is 2.71. The van der Waals surface area contributed by atoms with Crippen molar-refractivity contribution in [2.75, 3.05) is 16.8 Å². The zero-order valence-corrected chi connectivity index (χ0v) is 12.4. The summed E-state index contributed by atoms with van der Waals surface area (Å²) in [5.74, 6) is 0.602. The molecule has 2 aromatic rings. The highest BCUT2D eigenvalue weighted by atomic mass is 19.1. The SMILES string of the molecule is C[C@H](Nc1ccc(N2CCCC2=O)cn1)c1cccc(F)c1. The number of aromatic nitrogens is 1. The van der Waals surface area contributed by atoms with Crippen molar-refractivity contribution in [1.29, 1.82) is 0 Å². The van der Waals surface area contributed by atoms with Crippen molar-refractivity contribution in [1.82, 2.24) is 4.98 Å². The first kappa shape index (κ1) is 14.5. The molecule has 2 heterocycles. The average Bonchev–Trinajstić information content (AvgIpc) is 2.94. The van der Waals surface area contributed by atoms with E-state index in [1.807, 2.05) is 25.1 Å². The summed E-state index contributed by atoms with van der Waals surface area (Å²) in [5.41, 5.74) is 1.69. The summed E-state index contributed by atoms with van der Waals surface area (Å²) >= 11 is 0. The van der Waals surface area contributed by atoms with Crippen LogP contribution >= 0.6 is 0 Å². The molecule has 1 aliphatic rings. The quantitative estimate of drug-likeness (QED) is 0.939. The topological polar surface area (TPSA) is 45.2 Å². The Bertz CT molecular complexity index is 672. The van der Waals surface area contributed by atoms with E-state index in [1.54, 1.807) is 17.2 Å². The summed E-state index contributed by atoms with van der Waals surface area (Å²) in [6, 6.07) is 10.2. The maximum Gasteiger partial charge on any atom is 0.227 e. The Morgan fingerprint density at radius 1 is 1.32 bits per heavy atom. The van der Waals surface area contributed by atoms with Gasteiger partial charge in [0.2, 0.25) is 5.91 Å². The van der Waals surface area contributed by atoms with E-state index >= 15 is 0 Å². The number of nitrogens with one attached hydrogen (secondary N) is 1. The predicted molar refractivity (Wildman–Crippen MR) is 84.3 cm³/mol. The number of halogens is 1. The fourth-order valence-electron chi connectivity index (χ4n) is 2.63. The molecule has 0 radical (unpaired) electrons. The van der Waals surface area contributed by atoms with Crippen LogP contribution in [0.15, 0.2) is 42.6 Å². The van der Waals surface area contributed by atoms with Gasteiger partial charge in [-0.05, 0) is 43.2 Å². The number of hydrogen-bond acceptors (Lipinski definition) is 3. The minimum absolute atomic E-state index is 0.0533. The fourth-order valence-corrected chi connectivity index (χ4v) is 2.63. The number of pyridine rings is 1. The third-order valence-electron chi connectivity index (χ3n) is 3.85. The third kappa shape index (κ3) is 3.08. The van der Waals surface area contributed by atoms with E-state index < -0.39 is 0 Å². The maximum absolute atomic E-state index is 13.2. The summed E-state index contributed by atoms with van der Waals surface area (Å²) in [4.78, 5) is 17.8. The zero-order chi connectivity index (χ0) is 15.5. The Morgan fingerprint density at radius 3 is 2.82 bits per heavy atom. The first-order chi connectivity index (χ1) is 10.6. The van der Waals surface area contributed by atoms with E-state index in [9.17, 15) is 9.18 Å². The van der Waals surface area contributed by atoms with E-state index in [0.717, 1.165) is 24.2 Å². The van der Waals surface area contributed by atoms with Crippen LogP contribution in [0, 0.1) is 5.82 Å². The van der Waals surface area contributed by atoms with E-state index in [4.69, 9.17) is 0 Å². The summed E-state index contributed by atoms with van der Waals surface area (Å²) < 4.78 is 13.2. The van der Waals surface area contributed by atoms with Gasteiger partial charge in [0.05, 0.1) is 17.9 Å². The van der Waals surface area contributed by atoms with Gasteiger partial charge in [0.25, 0.3) is 0 Å². The number of carbonyl (C=O) groups excluding carboxylic acids is 1. The van der Waals surface area contributed by atoms with Crippen molar-refractivity contribution in [2.24, 2.45) is 0 Å². The standard InChI is InChI=1S/C17H18FN3O/c1-12(13-4-2-5-14(18)10-13)20-16-8-7-15(11-19-16)21-9-3-6-17(21)22/h2,4-5,7-8,10-12H,3,6,9H2,1H3,(H,19,20)/t12-/m0/s1. The molecule has 1 aromatic carbocycles. The Kier molecular flexibility index (Phi) is 4.04. The summed E-state index contributed by atoms with van der Waals surface area (Å²) in [6.07, 6.45) is 3.20. The van der Waals surface area contributed by atoms with E-state index in [1.165, 1.54) is 12.1 Å². The normalized spacial score (nSPS) is 15.9. The molecule has 0 aliphatic carbocycles. The molecule has 1 fully saturated rings. The molecular weight excluding hydrogens is 281 g/mol. The maximum atomic E-state index is 13.2. The molecule has 0 bridgehead atoms. The van der Waals surface area contributed by atoms with Crippen LogP contribution in [0.4, 0.5) is 15.9 Å². The Morgan fingerprint density at radius 2 is 2.18 bits per heavy atom. The number of anilines is 2. The molecule has 22 heavy (non-hydrogen) atoms. The van der Waals surface area contributed by atoms with Gasteiger partial charge in [0.1, 0.15) is 11.6 Å². The molecule has 0 saturated carbocycles. The molecule has 1 N–H and O–H groups in total. The molecular formula is C17H18FN3O. The van der Waals surface area contributed by atoms with Crippen LogP contribution in [0.1, 0.15) is 31.4 Å². The molecule has 3 rings (SSSR count). The van der Waals surface area contributed by atoms with E-state index in [-0.39, 0.29) is 17.8 Å². The van der Waals surface area contributed by atoms with Gasteiger partial charge in [-0.1, -0.05) is 12.1 Å². The van der Waals surface area contributed by atoms with Crippen LogP contribution in [-0.2, 0) is 4.79 Å². The van der Waals surface area contributed by atoms with Crippen LogP contribution in [-0.4, -0.2) is 17.4 Å². The van der Waals surface area contributed by atoms with Crippen molar-refractivity contribution in [2.45, 2.75) is 25.8 Å². The molecule has 1 saturated heterocycles. The third-order valence-corrected chi connectivity index (χ3v) is 3.85. The lowest BCUT2D eigenvalue weighted by Gasteiger charge is -2.18. The predicted octanol–water partition coefficient (Wildman–Crippen LogP) is 3.52. The monoisotopic (exact) mass is 299 g/mol. The summed E-state index contributed by atoms with van der Waals surface area (Å²) in [5, 5.41) is 3.23. The molecule has 0 spiro atoms. The number of nitrogens with zero attached hydrogens (tertiary/aromatic N) is 2. The zero-order valence-electron chi connectivity index (χ0n) is 12.4. The second-order valence-electron chi connectivity index (χ2n) is 5.47. The van der Waals surface area contributed by atoms with Gasteiger partial charge in [-0.2, -0.15) is 0 Å². The Hall–Kier alpha value is -2.43. The number of rotatable bonds is 4. The number of hydrogen-bond donors (Lipinski definition) is 1. The van der Waals surface area contributed by atoms with Crippen LogP contribution in [0.2, 0.25) is 0 Å². The minimum Gasteiger partial charge on any atom is -0.364 e. The highest BCUT2D eigenvalue weighted by molar-refractivity contribution is 5.95. The second-order valence-corrected chi connectivity index (χ2v) is 5.47. The molecule has 4 nitrogen and oxygen atoms in total. The highest BCUT2D eigenvalue weighted by Gasteiger charge is 2.21. The van der Waals surface area contributed by atoms with E-state index in [0.29, 0.717) is 12.2 Å². The van der Waals surface area contributed by atoms with Crippen molar-refractivity contribution >= 4 is 17.4 Å². The van der Waals surface area contributed by atoms with Crippen LogP contribution < -0.4 is 10.2 Å². The number of benzene rings is 1. The minimum atomic E-state index is -0.248. The Balaban J connectivity index is 1.69. The Labute approximate surface area is 129 Å². The van der Waals surface area contributed by atoms with Crippen LogP contribution in [0.5, 0.6) is 0 Å². The molecule has 114 valence electrons. The highest BCUT2D eigenvalue weighted by Crippen LogP contribution is 2.23. The second kappa shape index (κ2) is 6.13. The van der Waals surface area contributed by atoms with Gasteiger partial charge in [0.15, 0.2) is 0 Å². The van der Waals surface area contributed by atoms with Gasteiger partial charge in [0, 0.05) is 13.0 Å². The van der Waals surface area contributed by atoms with Gasteiger partial charge >= 0.3 is 0 Å².